The van der Waals surface area contributed by atoms with Gasteiger partial charge in [0.25, 0.3) is 5.91 Å². The maximum atomic E-state index is 11.5. The minimum absolute atomic E-state index is 0.00507. The number of aliphatic hydroxyl groups is 1. The molecule has 0 aliphatic heterocycles. The highest BCUT2D eigenvalue weighted by Crippen LogP contribution is 2.15. The molecule has 0 spiro atoms. The monoisotopic (exact) mass is 265 g/mol. The fourth-order valence-electron chi connectivity index (χ4n) is 1.80. The molecule has 0 aromatic heterocycles. The molecule has 1 amide bonds. The Morgan fingerprint density at radius 3 is 2.53 bits per heavy atom. The van der Waals surface area contributed by atoms with Crippen LogP contribution in [0.15, 0.2) is 18.2 Å². The molecule has 0 fully saturated rings. The SMILES string of the molecule is CCC(O)CCNC(=O)COc1cc(C)cc(C)c1. The standard InChI is InChI=1S/C15H23NO3/c1-4-13(17)5-6-16-15(18)10-19-14-8-11(2)7-12(3)9-14/h7-9,13,17H,4-6,10H2,1-3H3,(H,16,18). The van der Waals surface area contributed by atoms with Gasteiger partial charge in [0.15, 0.2) is 6.61 Å². The molecule has 2 N–H and O–H groups in total. The van der Waals surface area contributed by atoms with Crippen molar-refractivity contribution in [2.45, 2.75) is 39.7 Å². The molecule has 4 heteroatoms. The largest absolute Gasteiger partial charge is 0.484 e. The number of hydrogen-bond donors (Lipinski definition) is 2. The van der Waals surface area contributed by atoms with Crippen molar-refractivity contribution in [3.63, 3.8) is 0 Å². The van der Waals surface area contributed by atoms with Crippen LogP contribution in [0.5, 0.6) is 5.75 Å². The maximum absolute atomic E-state index is 11.5. The summed E-state index contributed by atoms with van der Waals surface area (Å²) in [6, 6.07) is 5.86. The highest BCUT2D eigenvalue weighted by atomic mass is 16.5. The first-order valence-corrected chi connectivity index (χ1v) is 6.67. The summed E-state index contributed by atoms with van der Waals surface area (Å²) < 4.78 is 5.44. The normalized spacial score (nSPS) is 12.0. The molecule has 1 rings (SSSR count). The molecular weight excluding hydrogens is 242 g/mol. The number of benzene rings is 1. The van der Waals surface area contributed by atoms with Crippen LogP contribution in [-0.4, -0.2) is 30.3 Å². The topological polar surface area (TPSA) is 58.6 Å². The van der Waals surface area contributed by atoms with E-state index in [0.717, 1.165) is 11.1 Å². The second-order valence-corrected chi connectivity index (χ2v) is 4.81. The summed E-state index contributed by atoms with van der Waals surface area (Å²) in [6.07, 6.45) is 0.932. The van der Waals surface area contributed by atoms with Crippen molar-refractivity contribution in [2.75, 3.05) is 13.2 Å². The zero-order chi connectivity index (χ0) is 14.3. The summed E-state index contributed by atoms with van der Waals surface area (Å²) in [5.41, 5.74) is 2.22. The summed E-state index contributed by atoms with van der Waals surface area (Å²) in [5, 5.41) is 12.1. The van der Waals surface area contributed by atoms with Crippen LogP contribution in [0.2, 0.25) is 0 Å². The second kappa shape index (κ2) is 7.79. The van der Waals surface area contributed by atoms with E-state index < -0.39 is 0 Å². The van der Waals surface area contributed by atoms with Crippen LogP contribution in [0, 0.1) is 13.8 Å². The molecule has 1 aromatic rings. The quantitative estimate of drug-likeness (QED) is 0.792. The number of ether oxygens (including phenoxy) is 1. The lowest BCUT2D eigenvalue weighted by atomic mass is 10.1. The van der Waals surface area contributed by atoms with Crippen molar-refractivity contribution in [3.8, 4) is 5.75 Å². The molecular formula is C15H23NO3. The van der Waals surface area contributed by atoms with Crippen LogP contribution in [-0.2, 0) is 4.79 Å². The third kappa shape index (κ3) is 6.25. The van der Waals surface area contributed by atoms with Gasteiger partial charge < -0.3 is 15.2 Å². The predicted octanol–water partition coefficient (Wildman–Crippen LogP) is 1.96. The first kappa shape index (κ1) is 15.5. The van der Waals surface area contributed by atoms with Gasteiger partial charge in [-0.3, -0.25) is 4.79 Å². The van der Waals surface area contributed by atoms with Crippen LogP contribution >= 0.6 is 0 Å². The van der Waals surface area contributed by atoms with Crippen LogP contribution in [0.3, 0.4) is 0 Å². The van der Waals surface area contributed by atoms with Gasteiger partial charge in [-0.2, -0.15) is 0 Å². The van der Waals surface area contributed by atoms with Crippen molar-refractivity contribution >= 4 is 5.91 Å². The van der Waals surface area contributed by atoms with Gasteiger partial charge in [-0.25, -0.2) is 0 Å². The Balaban J connectivity index is 2.30. The molecule has 0 aliphatic carbocycles. The third-order valence-electron chi connectivity index (χ3n) is 2.84. The lowest BCUT2D eigenvalue weighted by Crippen LogP contribution is -2.31. The number of carbonyl (C=O) groups is 1. The van der Waals surface area contributed by atoms with Crippen LogP contribution < -0.4 is 10.1 Å². The molecule has 106 valence electrons. The highest BCUT2D eigenvalue weighted by molar-refractivity contribution is 5.77. The highest BCUT2D eigenvalue weighted by Gasteiger charge is 2.05. The van der Waals surface area contributed by atoms with Gasteiger partial charge in [-0.05, 0) is 49.9 Å². The Hall–Kier alpha value is -1.55. The van der Waals surface area contributed by atoms with Crippen molar-refractivity contribution in [3.05, 3.63) is 29.3 Å². The van der Waals surface area contributed by atoms with Crippen LogP contribution in [0.4, 0.5) is 0 Å². The number of nitrogens with one attached hydrogen (secondary N) is 1. The van der Waals surface area contributed by atoms with Crippen molar-refractivity contribution in [1.82, 2.24) is 5.32 Å². The first-order chi connectivity index (χ1) is 9.01. The molecule has 0 heterocycles. The fraction of sp³-hybridized carbons (Fsp3) is 0.533. The predicted molar refractivity (Wildman–Crippen MR) is 75.3 cm³/mol. The molecule has 0 saturated carbocycles. The molecule has 19 heavy (non-hydrogen) atoms. The van der Waals surface area contributed by atoms with Crippen molar-refractivity contribution in [1.29, 1.82) is 0 Å². The van der Waals surface area contributed by atoms with Gasteiger partial charge in [0.05, 0.1) is 6.10 Å². The number of aryl methyl sites for hydroxylation is 2. The summed E-state index contributed by atoms with van der Waals surface area (Å²) >= 11 is 0. The Morgan fingerprint density at radius 2 is 1.95 bits per heavy atom. The third-order valence-corrected chi connectivity index (χ3v) is 2.84. The minimum atomic E-state index is -0.347. The number of amides is 1. The zero-order valence-electron chi connectivity index (χ0n) is 11.9. The number of hydrogen-bond acceptors (Lipinski definition) is 3. The van der Waals surface area contributed by atoms with Gasteiger partial charge in [0.1, 0.15) is 5.75 Å². The summed E-state index contributed by atoms with van der Waals surface area (Å²) in [6.45, 7) is 6.38. The maximum Gasteiger partial charge on any atom is 0.257 e. The smallest absolute Gasteiger partial charge is 0.257 e. The summed E-state index contributed by atoms with van der Waals surface area (Å²) in [4.78, 5) is 11.5. The van der Waals surface area contributed by atoms with Crippen molar-refractivity contribution < 1.29 is 14.6 Å². The van der Waals surface area contributed by atoms with E-state index >= 15 is 0 Å². The zero-order valence-corrected chi connectivity index (χ0v) is 11.9. The molecule has 1 aromatic carbocycles. The van der Waals surface area contributed by atoms with E-state index in [9.17, 15) is 9.90 Å². The Kier molecular flexibility index (Phi) is 6.36. The lowest BCUT2D eigenvalue weighted by molar-refractivity contribution is -0.123. The van der Waals surface area contributed by atoms with E-state index in [1.165, 1.54) is 0 Å². The van der Waals surface area contributed by atoms with Crippen LogP contribution in [0.1, 0.15) is 30.9 Å². The molecule has 0 bridgehead atoms. The van der Waals surface area contributed by atoms with Gasteiger partial charge in [-0.1, -0.05) is 13.0 Å². The number of aliphatic hydroxyl groups excluding tert-OH is 1. The molecule has 0 radical (unpaired) electrons. The summed E-state index contributed by atoms with van der Waals surface area (Å²) in [7, 11) is 0. The molecule has 4 nitrogen and oxygen atoms in total. The molecule has 1 unspecified atom stereocenters. The average molecular weight is 265 g/mol. The van der Waals surface area contributed by atoms with E-state index in [1.807, 2.05) is 32.9 Å². The Morgan fingerprint density at radius 1 is 1.32 bits per heavy atom. The Labute approximate surface area is 114 Å². The Bertz CT molecular complexity index is 398. The van der Waals surface area contributed by atoms with E-state index in [1.54, 1.807) is 0 Å². The summed E-state index contributed by atoms with van der Waals surface area (Å²) in [5.74, 6) is 0.545. The second-order valence-electron chi connectivity index (χ2n) is 4.81. The molecule has 0 aliphatic rings. The first-order valence-electron chi connectivity index (χ1n) is 6.67. The van der Waals surface area contributed by atoms with E-state index in [2.05, 4.69) is 11.4 Å². The van der Waals surface area contributed by atoms with E-state index in [4.69, 9.17) is 4.74 Å². The van der Waals surface area contributed by atoms with Gasteiger partial charge in [-0.15, -0.1) is 0 Å². The molecule has 1 atom stereocenters. The molecule has 0 saturated heterocycles. The van der Waals surface area contributed by atoms with E-state index in [0.29, 0.717) is 25.1 Å². The van der Waals surface area contributed by atoms with Crippen molar-refractivity contribution in [2.24, 2.45) is 0 Å². The van der Waals surface area contributed by atoms with E-state index in [-0.39, 0.29) is 18.6 Å². The van der Waals surface area contributed by atoms with Gasteiger partial charge in [0, 0.05) is 6.54 Å². The fourth-order valence-corrected chi connectivity index (χ4v) is 1.80. The number of rotatable bonds is 7. The van der Waals surface area contributed by atoms with Gasteiger partial charge in [0.2, 0.25) is 0 Å². The lowest BCUT2D eigenvalue weighted by Gasteiger charge is -2.10. The number of carbonyl (C=O) groups excluding carboxylic acids is 1. The van der Waals surface area contributed by atoms with Gasteiger partial charge >= 0.3 is 0 Å². The minimum Gasteiger partial charge on any atom is -0.484 e. The average Bonchev–Trinajstić information content (AvgIpc) is 2.35. The van der Waals surface area contributed by atoms with Crippen LogP contribution in [0.25, 0.3) is 0 Å².